The molecular formula is C9H16N4OS. The van der Waals surface area contributed by atoms with Crippen LogP contribution in [0.3, 0.4) is 0 Å². The molecule has 2 N–H and O–H groups in total. The molecule has 15 heavy (non-hydrogen) atoms. The highest BCUT2D eigenvalue weighted by atomic mass is 32.1. The van der Waals surface area contributed by atoms with Gasteiger partial charge in [0.25, 0.3) is 0 Å². The Labute approximate surface area is 94.8 Å². The van der Waals surface area contributed by atoms with Gasteiger partial charge in [0.2, 0.25) is 0 Å². The van der Waals surface area contributed by atoms with Crippen LogP contribution in [-0.2, 0) is 0 Å². The van der Waals surface area contributed by atoms with Gasteiger partial charge in [0.05, 0.1) is 0 Å². The van der Waals surface area contributed by atoms with Gasteiger partial charge < -0.3 is 20.4 Å². The van der Waals surface area contributed by atoms with E-state index in [1.165, 1.54) is 0 Å². The molecular weight excluding hydrogens is 212 g/mol. The third kappa shape index (κ3) is 1.62. The number of nitrogens with zero attached hydrogens (tertiary/aromatic N) is 2. The molecule has 0 saturated carbocycles. The van der Waals surface area contributed by atoms with Crippen LogP contribution in [0.5, 0.6) is 0 Å². The summed E-state index contributed by atoms with van der Waals surface area (Å²) in [6.07, 6.45) is 2.10. The molecule has 2 atom stereocenters. The summed E-state index contributed by atoms with van der Waals surface area (Å²) in [5.74, 6) is 0. The first-order valence-electron chi connectivity index (χ1n) is 5.25. The standard InChI is InChI=1S/C9H16N4OS/c1-3-4-5-13-7-6(10-8(15)11-7)12(2)9(13)14/h6-7H,3-5H2,1-2H3,(H2,10,11,15)/t6-,7+/m0/s1. The third-order valence-corrected chi connectivity index (χ3v) is 3.15. The smallest absolute Gasteiger partial charge is 0.323 e. The Morgan fingerprint density at radius 3 is 2.73 bits per heavy atom. The summed E-state index contributed by atoms with van der Waals surface area (Å²) in [7, 11) is 1.80. The summed E-state index contributed by atoms with van der Waals surface area (Å²) in [4.78, 5) is 15.4. The minimum Gasteiger partial charge on any atom is -0.339 e. The van der Waals surface area contributed by atoms with Crippen LogP contribution in [0.2, 0.25) is 0 Å². The highest BCUT2D eigenvalue weighted by molar-refractivity contribution is 7.80. The number of rotatable bonds is 3. The van der Waals surface area contributed by atoms with Crippen molar-refractivity contribution < 1.29 is 4.79 Å². The van der Waals surface area contributed by atoms with Gasteiger partial charge in [-0.2, -0.15) is 0 Å². The second-order valence-corrected chi connectivity index (χ2v) is 4.36. The van der Waals surface area contributed by atoms with E-state index in [0.717, 1.165) is 19.4 Å². The maximum absolute atomic E-state index is 11.9. The SMILES string of the molecule is CCCCN1C(=O)N(C)[C@@H]2NC(=S)N[C@@H]21. The number of amides is 2. The van der Waals surface area contributed by atoms with Crippen LogP contribution in [-0.4, -0.2) is 46.9 Å². The minimum atomic E-state index is -0.0122. The predicted octanol–water partition coefficient (Wildman–Crippen LogP) is 0.284. The highest BCUT2D eigenvalue weighted by Gasteiger charge is 2.47. The summed E-state index contributed by atoms with van der Waals surface area (Å²) in [5.41, 5.74) is 0. The van der Waals surface area contributed by atoms with E-state index in [4.69, 9.17) is 12.2 Å². The summed E-state index contributed by atoms with van der Waals surface area (Å²) >= 11 is 5.04. The second-order valence-electron chi connectivity index (χ2n) is 3.95. The molecule has 84 valence electrons. The Morgan fingerprint density at radius 2 is 2.07 bits per heavy atom. The molecule has 0 aliphatic carbocycles. The van der Waals surface area contributed by atoms with Gasteiger partial charge in [-0.25, -0.2) is 4.79 Å². The molecule has 0 unspecified atom stereocenters. The van der Waals surface area contributed by atoms with Gasteiger partial charge in [0.15, 0.2) is 5.11 Å². The van der Waals surface area contributed by atoms with E-state index >= 15 is 0 Å². The number of fused-ring (bicyclic) bond motifs is 1. The van der Waals surface area contributed by atoms with Crippen LogP contribution in [0.15, 0.2) is 0 Å². The lowest BCUT2D eigenvalue weighted by Gasteiger charge is -2.21. The van der Waals surface area contributed by atoms with Gasteiger partial charge in [-0.15, -0.1) is 0 Å². The monoisotopic (exact) mass is 228 g/mol. The van der Waals surface area contributed by atoms with E-state index in [1.54, 1.807) is 11.9 Å². The number of likely N-dealkylation sites (N-methyl/N-ethyl adjacent to an activating group) is 1. The van der Waals surface area contributed by atoms with Crippen molar-refractivity contribution in [3.8, 4) is 0 Å². The lowest BCUT2D eigenvalue weighted by molar-refractivity contribution is 0.188. The lowest BCUT2D eigenvalue weighted by Crippen LogP contribution is -2.43. The van der Waals surface area contributed by atoms with E-state index in [2.05, 4.69) is 17.6 Å². The van der Waals surface area contributed by atoms with Crippen molar-refractivity contribution in [3.05, 3.63) is 0 Å². The van der Waals surface area contributed by atoms with Crippen molar-refractivity contribution in [1.29, 1.82) is 0 Å². The Balaban J connectivity index is 2.09. The number of hydrogen-bond donors (Lipinski definition) is 2. The molecule has 2 aliphatic heterocycles. The Bertz CT molecular complexity index is 296. The quantitative estimate of drug-likeness (QED) is 0.681. The number of carbonyl (C=O) groups excluding carboxylic acids is 1. The average Bonchev–Trinajstić information content (AvgIpc) is 2.67. The van der Waals surface area contributed by atoms with Crippen molar-refractivity contribution in [2.45, 2.75) is 32.1 Å². The molecule has 0 radical (unpaired) electrons. The Hall–Kier alpha value is -1.04. The fourth-order valence-corrected chi connectivity index (χ4v) is 2.27. The van der Waals surface area contributed by atoms with Crippen LogP contribution in [0.1, 0.15) is 19.8 Å². The average molecular weight is 228 g/mol. The molecule has 2 rings (SSSR count). The number of thiocarbonyl (C=S) groups is 1. The molecule has 2 heterocycles. The zero-order valence-electron chi connectivity index (χ0n) is 8.99. The topological polar surface area (TPSA) is 47.6 Å². The molecule has 2 fully saturated rings. The Morgan fingerprint density at radius 1 is 1.40 bits per heavy atom. The van der Waals surface area contributed by atoms with E-state index < -0.39 is 0 Å². The fraction of sp³-hybridized carbons (Fsp3) is 0.778. The summed E-state index contributed by atoms with van der Waals surface area (Å²) in [6.45, 7) is 2.91. The van der Waals surface area contributed by atoms with Crippen LogP contribution < -0.4 is 10.6 Å². The van der Waals surface area contributed by atoms with Crippen LogP contribution in [0.4, 0.5) is 4.79 Å². The van der Waals surface area contributed by atoms with Gasteiger partial charge >= 0.3 is 6.03 Å². The van der Waals surface area contributed by atoms with Crippen molar-refractivity contribution in [2.24, 2.45) is 0 Å². The van der Waals surface area contributed by atoms with E-state index in [-0.39, 0.29) is 18.4 Å². The minimum absolute atomic E-state index is 0.00144. The van der Waals surface area contributed by atoms with Gasteiger partial charge in [0, 0.05) is 13.6 Å². The molecule has 5 nitrogen and oxygen atoms in total. The molecule has 0 spiro atoms. The molecule has 0 aromatic rings. The molecule has 6 heteroatoms. The van der Waals surface area contributed by atoms with Crippen LogP contribution in [0, 0.1) is 0 Å². The van der Waals surface area contributed by atoms with Crippen molar-refractivity contribution in [2.75, 3.05) is 13.6 Å². The first kappa shape index (κ1) is 10.5. The van der Waals surface area contributed by atoms with E-state index in [1.807, 2.05) is 4.90 Å². The predicted molar refractivity (Wildman–Crippen MR) is 61.2 cm³/mol. The Kier molecular flexibility index (Phi) is 2.68. The number of hydrogen-bond acceptors (Lipinski definition) is 2. The lowest BCUT2D eigenvalue weighted by atomic mass is 10.3. The van der Waals surface area contributed by atoms with Crippen molar-refractivity contribution >= 4 is 23.4 Å². The number of unbranched alkanes of at least 4 members (excludes halogenated alkanes) is 1. The molecule has 0 aromatic carbocycles. The zero-order chi connectivity index (χ0) is 11.0. The van der Waals surface area contributed by atoms with Gasteiger partial charge in [-0.3, -0.25) is 0 Å². The van der Waals surface area contributed by atoms with Crippen LogP contribution >= 0.6 is 12.2 Å². The summed E-state index contributed by atoms with van der Waals surface area (Å²) < 4.78 is 0. The van der Waals surface area contributed by atoms with Gasteiger partial charge in [-0.1, -0.05) is 13.3 Å². The van der Waals surface area contributed by atoms with E-state index in [0.29, 0.717) is 5.11 Å². The van der Waals surface area contributed by atoms with Crippen molar-refractivity contribution in [3.63, 3.8) is 0 Å². The highest BCUT2D eigenvalue weighted by Crippen LogP contribution is 2.21. The largest absolute Gasteiger partial charge is 0.339 e. The first-order chi connectivity index (χ1) is 7.15. The zero-order valence-corrected chi connectivity index (χ0v) is 9.80. The molecule has 0 bridgehead atoms. The number of nitrogens with one attached hydrogen (secondary N) is 2. The number of carbonyl (C=O) groups is 1. The van der Waals surface area contributed by atoms with Crippen molar-refractivity contribution in [1.82, 2.24) is 20.4 Å². The molecule has 2 amide bonds. The third-order valence-electron chi connectivity index (χ3n) is 2.91. The molecule has 0 aromatic heterocycles. The maximum atomic E-state index is 11.9. The second kappa shape index (κ2) is 3.84. The van der Waals surface area contributed by atoms with Crippen LogP contribution in [0.25, 0.3) is 0 Å². The summed E-state index contributed by atoms with van der Waals surface area (Å²) in [5, 5.41) is 6.84. The summed E-state index contributed by atoms with van der Waals surface area (Å²) in [6, 6.07) is 0.0703. The van der Waals surface area contributed by atoms with Gasteiger partial charge in [0.1, 0.15) is 12.3 Å². The van der Waals surface area contributed by atoms with Gasteiger partial charge in [-0.05, 0) is 18.6 Å². The molecule has 2 aliphatic rings. The van der Waals surface area contributed by atoms with E-state index in [9.17, 15) is 4.79 Å². The fourth-order valence-electron chi connectivity index (χ4n) is 2.03. The number of urea groups is 1. The first-order valence-corrected chi connectivity index (χ1v) is 5.66. The maximum Gasteiger partial charge on any atom is 0.323 e. The normalized spacial score (nSPS) is 29.2. The molecule has 2 saturated heterocycles.